The highest BCUT2D eigenvalue weighted by Gasteiger charge is 2.50. The van der Waals surface area contributed by atoms with Crippen LogP contribution in [0.1, 0.15) is 56.6 Å². The van der Waals surface area contributed by atoms with Crippen molar-refractivity contribution in [1.29, 1.82) is 0 Å². The minimum atomic E-state index is -0.691. The van der Waals surface area contributed by atoms with Gasteiger partial charge in [0.15, 0.2) is 0 Å². The number of benzene rings is 1. The predicted octanol–water partition coefficient (Wildman–Crippen LogP) is 3.16. The Labute approximate surface area is 122 Å². The lowest BCUT2D eigenvalue weighted by atomic mass is 9.58. The summed E-state index contributed by atoms with van der Waals surface area (Å²) in [6.07, 6.45) is 8.05. The molecule has 2 atom stereocenters. The monoisotopic (exact) mass is 273 g/mol. The predicted molar refractivity (Wildman–Crippen MR) is 82.7 cm³/mol. The smallest absolute Gasteiger partial charge is 0.0730 e. The molecule has 0 amide bonds. The van der Waals surface area contributed by atoms with Crippen LogP contribution in [0, 0.1) is 5.92 Å². The van der Waals surface area contributed by atoms with Crippen molar-refractivity contribution < 1.29 is 5.11 Å². The number of aliphatic hydroxyl groups is 1. The molecule has 2 heteroatoms. The molecule has 2 aliphatic rings. The summed E-state index contributed by atoms with van der Waals surface area (Å²) in [7, 11) is 0. The SMILES string of the molecule is CC(O)(CC1CCC1)C1(CN)CCCc2ccccc21. The van der Waals surface area contributed by atoms with Crippen molar-refractivity contribution in [3.63, 3.8) is 0 Å². The minimum Gasteiger partial charge on any atom is -0.389 e. The summed E-state index contributed by atoms with van der Waals surface area (Å²) in [6.45, 7) is 2.57. The molecule has 3 N–H and O–H groups in total. The van der Waals surface area contributed by atoms with E-state index in [1.807, 2.05) is 6.92 Å². The van der Waals surface area contributed by atoms with E-state index in [0.29, 0.717) is 12.5 Å². The fourth-order valence-corrected chi connectivity index (χ4v) is 4.37. The van der Waals surface area contributed by atoms with Crippen LogP contribution < -0.4 is 5.73 Å². The largest absolute Gasteiger partial charge is 0.389 e. The maximum Gasteiger partial charge on any atom is 0.0730 e. The quantitative estimate of drug-likeness (QED) is 0.885. The molecule has 2 unspecified atom stereocenters. The molecule has 0 heterocycles. The molecule has 2 aliphatic carbocycles. The third-order valence-corrected chi connectivity index (χ3v) is 5.87. The number of hydrogen-bond donors (Lipinski definition) is 2. The van der Waals surface area contributed by atoms with E-state index in [9.17, 15) is 5.11 Å². The average molecular weight is 273 g/mol. The third kappa shape index (κ3) is 2.10. The second-order valence-corrected chi connectivity index (χ2v) is 7.07. The van der Waals surface area contributed by atoms with E-state index in [1.54, 1.807) is 0 Å². The first kappa shape index (κ1) is 14.1. The molecule has 0 spiro atoms. The highest BCUT2D eigenvalue weighted by atomic mass is 16.3. The van der Waals surface area contributed by atoms with Gasteiger partial charge in [0.1, 0.15) is 0 Å². The maximum atomic E-state index is 11.3. The number of hydrogen-bond acceptors (Lipinski definition) is 2. The summed E-state index contributed by atoms with van der Waals surface area (Å²) in [4.78, 5) is 0. The van der Waals surface area contributed by atoms with Crippen LogP contribution in [0.2, 0.25) is 0 Å². The van der Waals surface area contributed by atoms with Gasteiger partial charge >= 0.3 is 0 Å². The molecule has 110 valence electrons. The van der Waals surface area contributed by atoms with Gasteiger partial charge in [-0.2, -0.15) is 0 Å². The molecule has 20 heavy (non-hydrogen) atoms. The van der Waals surface area contributed by atoms with E-state index in [1.165, 1.54) is 30.4 Å². The van der Waals surface area contributed by atoms with Crippen LogP contribution in [0.15, 0.2) is 24.3 Å². The summed E-state index contributed by atoms with van der Waals surface area (Å²) in [5, 5.41) is 11.3. The molecule has 0 aromatic heterocycles. The van der Waals surface area contributed by atoms with Crippen molar-refractivity contribution in [3.8, 4) is 0 Å². The Balaban J connectivity index is 1.98. The molecule has 0 radical (unpaired) electrons. The van der Waals surface area contributed by atoms with E-state index >= 15 is 0 Å². The number of fused-ring (bicyclic) bond motifs is 1. The molecule has 2 nitrogen and oxygen atoms in total. The molecule has 1 aromatic rings. The van der Waals surface area contributed by atoms with Crippen molar-refractivity contribution in [2.45, 2.75) is 62.9 Å². The Morgan fingerprint density at radius 1 is 1.30 bits per heavy atom. The summed E-state index contributed by atoms with van der Waals surface area (Å²) < 4.78 is 0. The number of nitrogens with two attached hydrogens (primary N) is 1. The van der Waals surface area contributed by atoms with Gasteiger partial charge in [0, 0.05) is 12.0 Å². The van der Waals surface area contributed by atoms with Crippen LogP contribution in [-0.4, -0.2) is 17.3 Å². The van der Waals surface area contributed by atoms with Gasteiger partial charge in [-0.1, -0.05) is 43.5 Å². The molecule has 1 aromatic carbocycles. The van der Waals surface area contributed by atoms with Gasteiger partial charge in [0.25, 0.3) is 0 Å². The highest BCUT2D eigenvalue weighted by Crippen LogP contribution is 2.48. The normalized spacial score (nSPS) is 29.4. The van der Waals surface area contributed by atoms with Gasteiger partial charge in [0.2, 0.25) is 0 Å². The van der Waals surface area contributed by atoms with Gasteiger partial charge in [0.05, 0.1) is 5.60 Å². The summed E-state index contributed by atoms with van der Waals surface area (Å²) >= 11 is 0. The Morgan fingerprint density at radius 2 is 2.05 bits per heavy atom. The van der Waals surface area contributed by atoms with Crippen LogP contribution >= 0.6 is 0 Å². The first-order valence-electron chi connectivity index (χ1n) is 8.10. The molecule has 3 rings (SSSR count). The van der Waals surface area contributed by atoms with Gasteiger partial charge in [-0.05, 0) is 49.7 Å². The van der Waals surface area contributed by atoms with E-state index in [4.69, 9.17) is 5.73 Å². The number of rotatable bonds is 4. The van der Waals surface area contributed by atoms with Crippen molar-refractivity contribution in [2.24, 2.45) is 11.7 Å². The fourth-order valence-electron chi connectivity index (χ4n) is 4.37. The van der Waals surface area contributed by atoms with Gasteiger partial charge in [-0.3, -0.25) is 0 Å². The molecular formula is C18H27NO. The Hall–Kier alpha value is -0.860. The fraction of sp³-hybridized carbons (Fsp3) is 0.667. The van der Waals surface area contributed by atoms with E-state index in [0.717, 1.165) is 25.7 Å². The van der Waals surface area contributed by atoms with Crippen molar-refractivity contribution in [2.75, 3.05) is 6.54 Å². The maximum absolute atomic E-state index is 11.3. The molecule has 1 saturated carbocycles. The Kier molecular flexibility index (Phi) is 3.64. The zero-order valence-electron chi connectivity index (χ0n) is 12.6. The van der Waals surface area contributed by atoms with Crippen LogP contribution in [0.25, 0.3) is 0 Å². The topological polar surface area (TPSA) is 46.2 Å². The molecule has 1 fully saturated rings. The second kappa shape index (κ2) is 5.16. The Morgan fingerprint density at radius 3 is 2.70 bits per heavy atom. The number of aryl methyl sites for hydroxylation is 1. The summed E-state index contributed by atoms with van der Waals surface area (Å²) in [5.41, 5.74) is 7.96. The first-order valence-corrected chi connectivity index (χ1v) is 8.10. The molecule has 0 aliphatic heterocycles. The van der Waals surface area contributed by atoms with Crippen LogP contribution in [0.5, 0.6) is 0 Å². The summed E-state index contributed by atoms with van der Waals surface area (Å²) in [6, 6.07) is 8.59. The molecular weight excluding hydrogens is 246 g/mol. The highest BCUT2D eigenvalue weighted by molar-refractivity contribution is 5.40. The van der Waals surface area contributed by atoms with E-state index in [2.05, 4.69) is 24.3 Å². The molecule has 0 saturated heterocycles. The van der Waals surface area contributed by atoms with Crippen LogP contribution in [0.3, 0.4) is 0 Å². The Bertz CT molecular complexity index is 478. The van der Waals surface area contributed by atoms with Crippen LogP contribution in [-0.2, 0) is 11.8 Å². The first-order chi connectivity index (χ1) is 9.59. The van der Waals surface area contributed by atoms with Gasteiger partial charge < -0.3 is 10.8 Å². The third-order valence-electron chi connectivity index (χ3n) is 5.87. The van der Waals surface area contributed by atoms with E-state index in [-0.39, 0.29) is 5.41 Å². The lowest BCUT2D eigenvalue weighted by Gasteiger charge is -2.50. The average Bonchev–Trinajstić information content (AvgIpc) is 2.42. The molecule has 0 bridgehead atoms. The lowest BCUT2D eigenvalue weighted by Crippen LogP contribution is -2.57. The minimum absolute atomic E-state index is 0.253. The van der Waals surface area contributed by atoms with Crippen LogP contribution in [0.4, 0.5) is 0 Å². The summed E-state index contributed by atoms with van der Waals surface area (Å²) in [5.74, 6) is 0.697. The standard InChI is InChI=1S/C18H27NO/c1-17(20,12-14-6-4-7-14)18(13-19)11-5-9-15-8-2-3-10-16(15)18/h2-3,8,10,14,20H,4-7,9,11-13,19H2,1H3. The van der Waals surface area contributed by atoms with Crippen molar-refractivity contribution >= 4 is 0 Å². The zero-order chi connectivity index (χ0) is 14.2. The van der Waals surface area contributed by atoms with Crippen molar-refractivity contribution in [1.82, 2.24) is 0 Å². The van der Waals surface area contributed by atoms with E-state index < -0.39 is 5.60 Å². The second-order valence-electron chi connectivity index (χ2n) is 7.07. The van der Waals surface area contributed by atoms with Gasteiger partial charge in [-0.15, -0.1) is 0 Å². The van der Waals surface area contributed by atoms with Crippen molar-refractivity contribution in [3.05, 3.63) is 35.4 Å². The zero-order valence-corrected chi connectivity index (χ0v) is 12.6. The lowest BCUT2D eigenvalue weighted by molar-refractivity contribution is -0.0558. The van der Waals surface area contributed by atoms with Gasteiger partial charge in [-0.25, -0.2) is 0 Å².